The molecule has 0 fully saturated rings. The van der Waals surface area contributed by atoms with Gasteiger partial charge in [-0.2, -0.15) is 10.5 Å². The maximum absolute atomic E-state index is 12.3. The molecule has 0 aliphatic rings. The number of carbonyl (C=O) groups excluding carboxylic acids is 1. The fourth-order valence-corrected chi connectivity index (χ4v) is 1.75. The van der Waals surface area contributed by atoms with E-state index in [-0.39, 0.29) is 19.0 Å². The Morgan fingerprint density at radius 3 is 2.53 bits per heavy atom. The van der Waals surface area contributed by atoms with Crippen molar-refractivity contribution in [3.8, 4) is 12.1 Å². The van der Waals surface area contributed by atoms with E-state index in [1.807, 2.05) is 19.1 Å². The van der Waals surface area contributed by atoms with Crippen LogP contribution in [0.4, 0.5) is 5.69 Å². The third-order valence-corrected chi connectivity index (χ3v) is 2.62. The maximum Gasteiger partial charge on any atom is 0.257 e. The fourth-order valence-electron chi connectivity index (χ4n) is 1.58. The molecule has 0 saturated carbocycles. The van der Waals surface area contributed by atoms with Crippen molar-refractivity contribution in [3.63, 3.8) is 0 Å². The highest BCUT2D eigenvalue weighted by Gasteiger charge is 2.18. The largest absolute Gasteiger partial charge is 0.385 e. The second kappa shape index (κ2) is 7.25. The van der Waals surface area contributed by atoms with Gasteiger partial charge in [0.1, 0.15) is 13.1 Å². The minimum absolute atomic E-state index is 0.134. The zero-order valence-corrected chi connectivity index (χ0v) is 11.2. The number of hydrogen-bond donors (Lipinski definition) is 1. The molecule has 1 amide bonds. The third-order valence-electron chi connectivity index (χ3n) is 2.39. The molecule has 0 atom stereocenters. The highest BCUT2D eigenvalue weighted by Crippen LogP contribution is 2.22. The molecule has 0 unspecified atom stereocenters. The Morgan fingerprint density at radius 1 is 1.37 bits per heavy atom. The van der Waals surface area contributed by atoms with E-state index in [0.717, 1.165) is 0 Å². The molecule has 0 saturated heterocycles. The van der Waals surface area contributed by atoms with Crippen LogP contribution < -0.4 is 5.32 Å². The Labute approximate surface area is 117 Å². The Morgan fingerprint density at radius 2 is 2.00 bits per heavy atom. The van der Waals surface area contributed by atoms with Crippen LogP contribution in [0.2, 0.25) is 5.02 Å². The molecule has 1 N–H and O–H groups in total. The van der Waals surface area contributed by atoms with Crippen LogP contribution in [-0.2, 0) is 0 Å². The standard InChI is InChI=1S/C13H13ClN4O/c1-2-17-12-4-3-10(14)9-11(12)13(19)18(7-5-15)8-6-16/h3-4,9,17H,2,7-8H2,1H3. The molecular weight excluding hydrogens is 264 g/mol. The van der Waals surface area contributed by atoms with Gasteiger partial charge in [0.2, 0.25) is 0 Å². The number of anilines is 1. The quantitative estimate of drug-likeness (QED) is 0.837. The zero-order valence-electron chi connectivity index (χ0n) is 10.5. The van der Waals surface area contributed by atoms with Gasteiger partial charge in [-0.1, -0.05) is 11.6 Å². The van der Waals surface area contributed by atoms with Gasteiger partial charge in [-0.3, -0.25) is 4.79 Å². The molecule has 6 heteroatoms. The summed E-state index contributed by atoms with van der Waals surface area (Å²) >= 11 is 5.89. The van der Waals surface area contributed by atoms with Crippen LogP contribution in [0.3, 0.4) is 0 Å². The molecule has 0 aliphatic carbocycles. The normalized spacial score (nSPS) is 9.26. The number of carbonyl (C=O) groups is 1. The van der Waals surface area contributed by atoms with Crippen molar-refractivity contribution in [1.29, 1.82) is 10.5 Å². The van der Waals surface area contributed by atoms with Crippen molar-refractivity contribution in [3.05, 3.63) is 28.8 Å². The monoisotopic (exact) mass is 276 g/mol. The van der Waals surface area contributed by atoms with Gasteiger partial charge >= 0.3 is 0 Å². The van der Waals surface area contributed by atoms with Crippen molar-refractivity contribution < 1.29 is 4.79 Å². The van der Waals surface area contributed by atoms with Gasteiger partial charge in [0.05, 0.1) is 17.7 Å². The predicted molar refractivity (Wildman–Crippen MR) is 72.7 cm³/mol. The fraction of sp³-hybridized carbons (Fsp3) is 0.308. The molecule has 0 heterocycles. The van der Waals surface area contributed by atoms with E-state index in [9.17, 15) is 4.79 Å². The molecule has 1 rings (SSSR count). The van der Waals surface area contributed by atoms with Crippen molar-refractivity contribution in [2.45, 2.75) is 6.92 Å². The number of amides is 1. The second-order valence-corrected chi connectivity index (χ2v) is 4.13. The Hall–Kier alpha value is -2.24. The minimum atomic E-state index is -0.387. The molecule has 0 aromatic heterocycles. The smallest absolute Gasteiger partial charge is 0.257 e. The lowest BCUT2D eigenvalue weighted by Gasteiger charge is -2.18. The summed E-state index contributed by atoms with van der Waals surface area (Å²) < 4.78 is 0. The average molecular weight is 277 g/mol. The lowest BCUT2D eigenvalue weighted by atomic mass is 10.1. The van der Waals surface area contributed by atoms with Crippen LogP contribution in [0, 0.1) is 22.7 Å². The van der Waals surface area contributed by atoms with Gasteiger partial charge in [0, 0.05) is 17.3 Å². The van der Waals surface area contributed by atoms with Crippen molar-refractivity contribution in [2.75, 3.05) is 25.0 Å². The first-order valence-electron chi connectivity index (χ1n) is 5.70. The van der Waals surface area contributed by atoms with E-state index >= 15 is 0 Å². The summed E-state index contributed by atoms with van der Waals surface area (Å²) in [5.41, 5.74) is 0.998. The number of hydrogen-bond acceptors (Lipinski definition) is 4. The zero-order chi connectivity index (χ0) is 14.3. The molecule has 0 bridgehead atoms. The van der Waals surface area contributed by atoms with Crippen LogP contribution in [0.25, 0.3) is 0 Å². The first-order valence-corrected chi connectivity index (χ1v) is 6.08. The van der Waals surface area contributed by atoms with Crippen molar-refractivity contribution in [1.82, 2.24) is 4.90 Å². The SMILES string of the molecule is CCNc1ccc(Cl)cc1C(=O)N(CC#N)CC#N. The number of nitriles is 2. The summed E-state index contributed by atoms with van der Waals surface area (Å²) in [5.74, 6) is -0.387. The minimum Gasteiger partial charge on any atom is -0.385 e. The first kappa shape index (κ1) is 14.8. The molecule has 0 aliphatic heterocycles. The second-order valence-electron chi connectivity index (χ2n) is 3.70. The summed E-state index contributed by atoms with van der Waals surface area (Å²) in [6.07, 6.45) is 0. The molecule has 19 heavy (non-hydrogen) atoms. The number of nitrogens with zero attached hydrogens (tertiary/aromatic N) is 3. The maximum atomic E-state index is 12.3. The van der Waals surface area contributed by atoms with Gasteiger partial charge in [0.15, 0.2) is 0 Å². The Balaban J connectivity index is 3.12. The summed E-state index contributed by atoms with van der Waals surface area (Å²) in [6.45, 7) is 2.29. The summed E-state index contributed by atoms with van der Waals surface area (Å²) in [6, 6.07) is 8.65. The van der Waals surface area contributed by atoms with Gasteiger partial charge in [0.25, 0.3) is 5.91 Å². The van der Waals surface area contributed by atoms with Crippen LogP contribution in [0.1, 0.15) is 17.3 Å². The van der Waals surface area contributed by atoms with Crippen molar-refractivity contribution >= 4 is 23.2 Å². The number of rotatable bonds is 5. The van der Waals surface area contributed by atoms with Gasteiger partial charge in [-0.15, -0.1) is 0 Å². The number of halogens is 1. The van der Waals surface area contributed by atoms with Gasteiger partial charge in [-0.05, 0) is 25.1 Å². The molecule has 0 spiro atoms. The van der Waals surface area contributed by atoms with Crippen LogP contribution in [0.5, 0.6) is 0 Å². The average Bonchev–Trinajstić information content (AvgIpc) is 2.40. The van der Waals surface area contributed by atoms with Crippen LogP contribution in [0.15, 0.2) is 18.2 Å². The van der Waals surface area contributed by atoms with E-state index < -0.39 is 0 Å². The highest BCUT2D eigenvalue weighted by molar-refractivity contribution is 6.31. The van der Waals surface area contributed by atoms with E-state index in [1.54, 1.807) is 12.1 Å². The summed E-state index contributed by atoms with van der Waals surface area (Å²) in [5, 5.41) is 20.9. The summed E-state index contributed by atoms with van der Waals surface area (Å²) in [7, 11) is 0. The van der Waals surface area contributed by atoms with Crippen molar-refractivity contribution in [2.24, 2.45) is 0 Å². The first-order chi connectivity index (χ1) is 9.13. The van der Waals surface area contributed by atoms with E-state index in [1.165, 1.54) is 11.0 Å². The van der Waals surface area contributed by atoms with E-state index in [2.05, 4.69) is 5.32 Å². The van der Waals surface area contributed by atoms with Gasteiger partial charge in [-0.25, -0.2) is 0 Å². The Kier molecular flexibility index (Phi) is 5.66. The lowest BCUT2D eigenvalue weighted by molar-refractivity contribution is 0.0795. The topological polar surface area (TPSA) is 79.9 Å². The Bertz CT molecular complexity index is 529. The molecule has 1 aromatic carbocycles. The molecule has 5 nitrogen and oxygen atoms in total. The highest BCUT2D eigenvalue weighted by atomic mass is 35.5. The molecular formula is C13H13ClN4O. The lowest BCUT2D eigenvalue weighted by Crippen LogP contribution is -2.32. The number of nitrogens with one attached hydrogen (secondary N) is 1. The predicted octanol–water partition coefficient (Wildman–Crippen LogP) is 2.26. The molecule has 0 radical (unpaired) electrons. The third kappa shape index (κ3) is 3.87. The molecule has 98 valence electrons. The van der Waals surface area contributed by atoms with Crippen LogP contribution in [-0.4, -0.2) is 30.4 Å². The molecule has 1 aromatic rings. The van der Waals surface area contributed by atoms with E-state index in [0.29, 0.717) is 22.8 Å². The number of benzene rings is 1. The van der Waals surface area contributed by atoms with Crippen LogP contribution >= 0.6 is 11.6 Å². The summed E-state index contributed by atoms with van der Waals surface area (Å²) in [4.78, 5) is 13.5. The van der Waals surface area contributed by atoms with E-state index in [4.69, 9.17) is 22.1 Å². The van der Waals surface area contributed by atoms with Gasteiger partial charge < -0.3 is 10.2 Å².